The Kier molecular flexibility index (Phi) is 6.27. The van der Waals surface area contributed by atoms with Crippen molar-refractivity contribution in [3.63, 3.8) is 0 Å². The fourth-order valence-electron chi connectivity index (χ4n) is 2.86. The summed E-state index contributed by atoms with van der Waals surface area (Å²) in [7, 11) is 0. The van der Waals surface area contributed by atoms with Gasteiger partial charge in [0.2, 0.25) is 0 Å². The molecule has 122 valence electrons. The Morgan fingerprint density at radius 1 is 0.667 bits per heavy atom. The van der Waals surface area contributed by atoms with Crippen molar-refractivity contribution >= 4 is 63.1 Å². The molecule has 1 saturated carbocycles. The summed E-state index contributed by atoms with van der Waals surface area (Å²) < 4.78 is 2.42. The van der Waals surface area contributed by atoms with Crippen LogP contribution in [0, 0.1) is 7.14 Å². The summed E-state index contributed by atoms with van der Waals surface area (Å²) in [5.41, 5.74) is 4.08. The molecule has 2 aromatic carbocycles. The number of carbonyl (C=O) groups excluding carboxylic acids is 1. The van der Waals surface area contributed by atoms with Crippen molar-refractivity contribution in [2.24, 2.45) is 0 Å². The normalized spacial score (nSPS) is 18.8. The smallest absolute Gasteiger partial charge is 0.185 e. The maximum atomic E-state index is 12.9. The van der Waals surface area contributed by atoms with Gasteiger partial charge in [-0.1, -0.05) is 24.3 Å². The van der Waals surface area contributed by atoms with Crippen molar-refractivity contribution < 1.29 is 4.79 Å². The van der Waals surface area contributed by atoms with Crippen LogP contribution in [0.1, 0.15) is 36.8 Å². The predicted octanol–water partition coefficient (Wildman–Crippen LogP) is 6.51. The van der Waals surface area contributed by atoms with Crippen LogP contribution in [-0.4, -0.2) is 5.78 Å². The molecule has 0 N–H and O–H groups in total. The van der Waals surface area contributed by atoms with Gasteiger partial charge in [-0.25, -0.2) is 0 Å². The lowest BCUT2D eigenvalue weighted by Gasteiger charge is -2.06. The minimum Gasteiger partial charge on any atom is -0.289 e. The second kappa shape index (κ2) is 8.43. The molecule has 0 heterocycles. The van der Waals surface area contributed by atoms with Gasteiger partial charge < -0.3 is 0 Å². The lowest BCUT2D eigenvalue weighted by molar-refractivity contribution is -0.112. The average Bonchev–Trinajstić information content (AvgIpc) is 2.75. The lowest BCUT2D eigenvalue weighted by Crippen LogP contribution is -2.04. The topological polar surface area (TPSA) is 17.1 Å². The summed E-state index contributed by atoms with van der Waals surface area (Å²) in [6.45, 7) is 0. The van der Waals surface area contributed by atoms with Crippen LogP contribution >= 0.6 is 45.2 Å². The van der Waals surface area contributed by atoms with Gasteiger partial charge in [0.15, 0.2) is 5.78 Å². The molecule has 1 nitrogen and oxygen atoms in total. The highest BCUT2D eigenvalue weighted by molar-refractivity contribution is 14.1. The molecule has 2 aromatic rings. The maximum Gasteiger partial charge on any atom is 0.185 e. The Balaban J connectivity index is 1.90. The van der Waals surface area contributed by atoms with Gasteiger partial charge in [0.05, 0.1) is 0 Å². The second-order valence-electron chi connectivity index (χ2n) is 5.98. The van der Waals surface area contributed by atoms with E-state index in [1.54, 1.807) is 0 Å². The molecular formula is C21H18I2O. The molecule has 0 amide bonds. The zero-order chi connectivity index (χ0) is 16.9. The van der Waals surface area contributed by atoms with E-state index < -0.39 is 0 Å². The van der Waals surface area contributed by atoms with Crippen LogP contribution in [0.15, 0.2) is 59.7 Å². The number of allylic oxidation sites excluding steroid dienone is 2. The third-order valence-corrected chi connectivity index (χ3v) is 5.59. The van der Waals surface area contributed by atoms with Crippen LogP contribution in [0.4, 0.5) is 0 Å². The SMILES string of the molecule is O=C1/C(=C\c2ccc(I)cc2)CCCC/C1=C/c1ccc(I)cc1. The molecule has 0 aromatic heterocycles. The molecule has 0 spiro atoms. The van der Waals surface area contributed by atoms with Crippen molar-refractivity contribution in [2.45, 2.75) is 25.7 Å². The molecule has 1 aliphatic rings. The molecule has 0 atom stereocenters. The van der Waals surface area contributed by atoms with E-state index in [-0.39, 0.29) is 5.78 Å². The average molecular weight is 540 g/mol. The van der Waals surface area contributed by atoms with E-state index in [1.807, 2.05) is 0 Å². The molecule has 1 aliphatic carbocycles. The molecule has 1 fully saturated rings. The van der Waals surface area contributed by atoms with Crippen molar-refractivity contribution in [1.29, 1.82) is 0 Å². The first kappa shape index (κ1) is 17.9. The summed E-state index contributed by atoms with van der Waals surface area (Å²) in [6.07, 6.45) is 8.01. The number of carbonyl (C=O) groups is 1. The van der Waals surface area contributed by atoms with Gasteiger partial charge in [0, 0.05) is 18.3 Å². The van der Waals surface area contributed by atoms with Crippen LogP contribution in [0.25, 0.3) is 12.2 Å². The second-order valence-corrected chi connectivity index (χ2v) is 8.47. The number of Topliss-reactive ketones (excluding diaryl/α,β-unsaturated/α-hetero) is 1. The number of ketones is 1. The number of benzene rings is 2. The summed E-state index contributed by atoms with van der Waals surface area (Å²) >= 11 is 4.60. The van der Waals surface area contributed by atoms with Crippen molar-refractivity contribution in [3.8, 4) is 0 Å². The zero-order valence-corrected chi connectivity index (χ0v) is 17.6. The van der Waals surface area contributed by atoms with Crippen LogP contribution in [0.3, 0.4) is 0 Å². The van der Waals surface area contributed by atoms with Crippen molar-refractivity contribution in [3.05, 3.63) is 77.9 Å². The monoisotopic (exact) mass is 540 g/mol. The molecule has 3 rings (SSSR count). The Morgan fingerprint density at radius 2 is 1.04 bits per heavy atom. The first-order valence-electron chi connectivity index (χ1n) is 8.09. The molecule has 0 radical (unpaired) electrons. The first-order valence-corrected chi connectivity index (χ1v) is 10.2. The zero-order valence-electron chi connectivity index (χ0n) is 13.3. The van der Waals surface area contributed by atoms with Gasteiger partial charge in [0.1, 0.15) is 0 Å². The number of hydrogen-bond acceptors (Lipinski definition) is 1. The third-order valence-electron chi connectivity index (χ3n) is 4.15. The third kappa shape index (κ3) is 4.79. The molecule has 0 aliphatic heterocycles. The van der Waals surface area contributed by atoms with E-state index >= 15 is 0 Å². The van der Waals surface area contributed by atoms with Crippen molar-refractivity contribution in [2.75, 3.05) is 0 Å². The van der Waals surface area contributed by atoms with Crippen LogP contribution in [0.5, 0.6) is 0 Å². The highest BCUT2D eigenvalue weighted by Crippen LogP contribution is 2.27. The Morgan fingerprint density at radius 3 is 1.42 bits per heavy atom. The molecule has 0 bridgehead atoms. The van der Waals surface area contributed by atoms with Gasteiger partial charge in [-0.15, -0.1) is 0 Å². The standard InChI is InChI=1S/C21H18I2O/c22-19-9-5-15(6-10-19)13-17-3-1-2-4-18(21(17)24)14-16-7-11-20(23)12-8-16/h5-14H,1-4H2/b17-13-,18-14-. The predicted molar refractivity (Wildman–Crippen MR) is 118 cm³/mol. The van der Waals surface area contributed by atoms with E-state index in [1.165, 1.54) is 7.14 Å². The number of halogens is 2. The number of rotatable bonds is 2. The highest BCUT2D eigenvalue weighted by atomic mass is 127. The van der Waals surface area contributed by atoms with E-state index in [4.69, 9.17) is 0 Å². The van der Waals surface area contributed by atoms with Gasteiger partial charge in [0.25, 0.3) is 0 Å². The Labute approximate surface area is 170 Å². The van der Waals surface area contributed by atoms with Gasteiger partial charge >= 0.3 is 0 Å². The van der Waals surface area contributed by atoms with Crippen molar-refractivity contribution in [1.82, 2.24) is 0 Å². The molecular weight excluding hydrogens is 522 g/mol. The summed E-state index contributed by atoms with van der Waals surface area (Å²) in [4.78, 5) is 12.9. The minimum absolute atomic E-state index is 0.213. The summed E-state index contributed by atoms with van der Waals surface area (Å²) in [5, 5.41) is 0. The minimum atomic E-state index is 0.213. The molecule has 24 heavy (non-hydrogen) atoms. The van der Waals surface area contributed by atoms with Crippen LogP contribution in [-0.2, 0) is 4.79 Å². The largest absolute Gasteiger partial charge is 0.289 e. The van der Waals surface area contributed by atoms with Gasteiger partial charge in [-0.05, 0) is 118 Å². The molecule has 0 saturated heterocycles. The highest BCUT2D eigenvalue weighted by Gasteiger charge is 2.18. The van der Waals surface area contributed by atoms with E-state index in [0.29, 0.717) is 0 Å². The Hall–Kier alpha value is -0.950. The maximum absolute atomic E-state index is 12.9. The summed E-state index contributed by atoms with van der Waals surface area (Å²) in [6, 6.07) is 16.6. The van der Waals surface area contributed by atoms with E-state index in [0.717, 1.165) is 48.0 Å². The fourth-order valence-corrected chi connectivity index (χ4v) is 3.58. The van der Waals surface area contributed by atoms with Crippen LogP contribution < -0.4 is 0 Å². The first-order chi connectivity index (χ1) is 11.6. The van der Waals surface area contributed by atoms with E-state index in [9.17, 15) is 4.79 Å². The molecule has 3 heteroatoms. The van der Waals surface area contributed by atoms with Gasteiger partial charge in [-0.3, -0.25) is 4.79 Å². The lowest BCUT2D eigenvalue weighted by atomic mass is 9.98. The van der Waals surface area contributed by atoms with E-state index in [2.05, 4.69) is 106 Å². The Bertz CT molecular complexity index is 716. The fraction of sp³-hybridized carbons (Fsp3) is 0.190. The summed E-state index contributed by atoms with van der Waals surface area (Å²) in [5.74, 6) is 0.213. The number of hydrogen-bond donors (Lipinski definition) is 0. The van der Waals surface area contributed by atoms with Crippen LogP contribution in [0.2, 0.25) is 0 Å². The quantitative estimate of drug-likeness (QED) is 0.242. The molecule has 0 unspecified atom stereocenters. The van der Waals surface area contributed by atoms with Gasteiger partial charge in [-0.2, -0.15) is 0 Å².